The molecular weight excluding hydrogens is 164 g/mol. The molecule has 0 spiro atoms. The highest BCUT2D eigenvalue weighted by molar-refractivity contribution is 5.78. The van der Waals surface area contributed by atoms with Crippen LogP contribution in [-0.4, -0.2) is 29.9 Å². The van der Waals surface area contributed by atoms with E-state index in [2.05, 4.69) is 6.92 Å². The molecule has 0 aliphatic carbocycles. The van der Waals surface area contributed by atoms with Gasteiger partial charge in [0.1, 0.15) is 0 Å². The first-order valence-corrected chi connectivity index (χ1v) is 5.29. The van der Waals surface area contributed by atoms with Crippen molar-refractivity contribution in [2.45, 2.75) is 45.1 Å². The molecule has 0 aromatic heterocycles. The Morgan fingerprint density at radius 3 is 3.00 bits per heavy atom. The molecule has 1 atom stereocenters. The van der Waals surface area contributed by atoms with Crippen molar-refractivity contribution in [2.75, 3.05) is 13.1 Å². The van der Waals surface area contributed by atoms with Crippen molar-refractivity contribution in [3.8, 4) is 0 Å². The molecule has 1 unspecified atom stereocenters. The van der Waals surface area contributed by atoms with Gasteiger partial charge in [-0.25, -0.2) is 0 Å². The van der Waals surface area contributed by atoms with Crippen molar-refractivity contribution < 1.29 is 4.79 Å². The first-order valence-electron chi connectivity index (χ1n) is 5.29. The van der Waals surface area contributed by atoms with Gasteiger partial charge in [-0.15, -0.1) is 0 Å². The lowest BCUT2D eigenvalue weighted by atomic mass is 10.1. The minimum absolute atomic E-state index is 0.298. The first kappa shape index (κ1) is 10.5. The molecule has 3 heteroatoms. The van der Waals surface area contributed by atoms with Crippen LogP contribution in [-0.2, 0) is 4.79 Å². The molecule has 1 heterocycles. The summed E-state index contributed by atoms with van der Waals surface area (Å²) in [6.45, 7) is 3.52. The van der Waals surface area contributed by atoms with Crippen LogP contribution in [0.25, 0.3) is 0 Å². The Labute approximate surface area is 80.3 Å². The average molecular weight is 184 g/mol. The van der Waals surface area contributed by atoms with Gasteiger partial charge in [-0.1, -0.05) is 19.8 Å². The maximum atomic E-state index is 11.4. The Balaban J connectivity index is 2.39. The summed E-state index contributed by atoms with van der Waals surface area (Å²) in [5.74, 6) is 0.298. The van der Waals surface area contributed by atoms with E-state index in [1.54, 1.807) is 0 Å². The number of nitrogens with two attached hydrogens (primary N) is 1. The van der Waals surface area contributed by atoms with Crippen LogP contribution in [0.3, 0.4) is 0 Å². The highest BCUT2D eigenvalue weighted by atomic mass is 16.2. The second kappa shape index (κ2) is 5.22. The van der Waals surface area contributed by atoms with E-state index in [9.17, 15) is 4.79 Å². The van der Waals surface area contributed by atoms with Gasteiger partial charge in [-0.05, 0) is 12.8 Å². The predicted molar refractivity (Wildman–Crippen MR) is 53.3 cm³/mol. The summed E-state index contributed by atoms with van der Waals surface area (Å²) >= 11 is 0. The van der Waals surface area contributed by atoms with Crippen LogP contribution < -0.4 is 5.73 Å². The molecule has 1 fully saturated rings. The van der Waals surface area contributed by atoms with Crippen molar-refractivity contribution in [3.05, 3.63) is 0 Å². The molecule has 0 saturated carbocycles. The van der Waals surface area contributed by atoms with Gasteiger partial charge in [0.05, 0.1) is 0 Å². The summed E-state index contributed by atoms with van der Waals surface area (Å²) in [6, 6.07) is 0.482. The smallest absolute Gasteiger partial charge is 0.222 e. The fraction of sp³-hybridized carbons (Fsp3) is 0.900. The number of nitrogens with zero attached hydrogens (tertiary/aromatic N) is 1. The zero-order chi connectivity index (χ0) is 9.68. The number of carbonyl (C=O) groups is 1. The van der Waals surface area contributed by atoms with Gasteiger partial charge in [-0.2, -0.15) is 0 Å². The molecule has 0 aromatic carbocycles. The molecule has 0 aromatic rings. The largest absolute Gasteiger partial charge is 0.338 e. The van der Waals surface area contributed by atoms with E-state index >= 15 is 0 Å². The van der Waals surface area contributed by atoms with Gasteiger partial charge in [-0.3, -0.25) is 4.79 Å². The standard InChI is InChI=1S/C10H20N2O/c1-2-3-4-9-5-6-10(13)12(9)8-7-11/h9H,2-8,11H2,1H3. The first-order chi connectivity index (χ1) is 6.29. The normalized spacial score (nSPS) is 22.8. The lowest BCUT2D eigenvalue weighted by Crippen LogP contribution is -2.36. The Morgan fingerprint density at radius 1 is 1.62 bits per heavy atom. The molecule has 1 aliphatic heterocycles. The highest BCUT2D eigenvalue weighted by Gasteiger charge is 2.29. The Morgan fingerprint density at radius 2 is 2.38 bits per heavy atom. The van der Waals surface area contributed by atoms with Crippen molar-refractivity contribution >= 4 is 5.91 Å². The third kappa shape index (κ3) is 2.69. The van der Waals surface area contributed by atoms with E-state index in [0.29, 0.717) is 18.5 Å². The fourth-order valence-corrected chi connectivity index (χ4v) is 1.98. The molecule has 0 radical (unpaired) electrons. The summed E-state index contributed by atoms with van der Waals surface area (Å²) in [6.07, 6.45) is 5.36. The average Bonchev–Trinajstić information content (AvgIpc) is 2.46. The molecule has 1 saturated heterocycles. The second-order valence-corrected chi connectivity index (χ2v) is 3.71. The molecule has 13 heavy (non-hydrogen) atoms. The number of hydrogen-bond donors (Lipinski definition) is 1. The third-order valence-electron chi connectivity index (χ3n) is 2.71. The summed E-state index contributed by atoms with van der Waals surface area (Å²) in [5.41, 5.74) is 5.47. The Hall–Kier alpha value is -0.570. The molecular formula is C10H20N2O. The highest BCUT2D eigenvalue weighted by Crippen LogP contribution is 2.22. The summed E-state index contributed by atoms with van der Waals surface area (Å²) in [5, 5.41) is 0. The molecule has 1 rings (SSSR count). The summed E-state index contributed by atoms with van der Waals surface area (Å²) in [7, 11) is 0. The molecule has 76 valence electrons. The lowest BCUT2D eigenvalue weighted by molar-refractivity contribution is -0.128. The maximum absolute atomic E-state index is 11.4. The number of hydrogen-bond acceptors (Lipinski definition) is 2. The number of amides is 1. The van der Waals surface area contributed by atoms with Gasteiger partial charge >= 0.3 is 0 Å². The number of rotatable bonds is 5. The minimum atomic E-state index is 0.298. The van der Waals surface area contributed by atoms with Crippen LogP contribution in [0.4, 0.5) is 0 Å². The molecule has 1 amide bonds. The summed E-state index contributed by atoms with van der Waals surface area (Å²) in [4.78, 5) is 13.4. The quantitative estimate of drug-likeness (QED) is 0.696. The minimum Gasteiger partial charge on any atom is -0.338 e. The maximum Gasteiger partial charge on any atom is 0.222 e. The van der Waals surface area contributed by atoms with Crippen molar-refractivity contribution in [1.82, 2.24) is 4.90 Å². The molecule has 2 N–H and O–H groups in total. The Kier molecular flexibility index (Phi) is 4.22. The lowest BCUT2D eigenvalue weighted by Gasteiger charge is -2.23. The van der Waals surface area contributed by atoms with Gasteiger partial charge in [0.15, 0.2) is 0 Å². The summed E-state index contributed by atoms with van der Waals surface area (Å²) < 4.78 is 0. The van der Waals surface area contributed by atoms with Gasteiger partial charge in [0, 0.05) is 25.6 Å². The molecule has 0 bridgehead atoms. The number of unbranched alkanes of at least 4 members (excludes halogenated alkanes) is 1. The molecule has 3 nitrogen and oxygen atoms in total. The number of carbonyl (C=O) groups excluding carboxylic acids is 1. The van der Waals surface area contributed by atoms with E-state index in [-0.39, 0.29) is 0 Å². The fourth-order valence-electron chi connectivity index (χ4n) is 1.98. The second-order valence-electron chi connectivity index (χ2n) is 3.71. The van der Waals surface area contributed by atoms with Gasteiger partial charge in [0.2, 0.25) is 5.91 Å². The van der Waals surface area contributed by atoms with E-state index in [1.807, 2.05) is 4.90 Å². The van der Waals surface area contributed by atoms with E-state index in [4.69, 9.17) is 5.73 Å². The van der Waals surface area contributed by atoms with Crippen LogP contribution in [0, 0.1) is 0 Å². The van der Waals surface area contributed by atoms with Crippen molar-refractivity contribution in [2.24, 2.45) is 5.73 Å². The van der Waals surface area contributed by atoms with Crippen LogP contribution in [0.2, 0.25) is 0 Å². The monoisotopic (exact) mass is 184 g/mol. The van der Waals surface area contributed by atoms with Crippen LogP contribution in [0.15, 0.2) is 0 Å². The third-order valence-corrected chi connectivity index (χ3v) is 2.71. The van der Waals surface area contributed by atoms with Crippen molar-refractivity contribution in [3.63, 3.8) is 0 Å². The number of likely N-dealkylation sites (tertiary alicyclic amines) is 1. The predicted octanol–water partition coefficient (Wildman–Crippen LogP) is 1.13. The van der Waals surface area contributed by atoms with Crippen LogP contribution >= 0.6 is 0 Å². The molecule has 1 aliphatic rings. The van der Waals surface area contributed by atoms with Gasteiger partial charge < -0.3 is 10.6 Å². The van der Waals surface area contributed by atoms with E-state index in [1.165, 1.54) is 12.8 Å². The Bertz CT molecular complexity index is 170. The van der Waals surface area contributed by atoms with Crippen LogP contribution in [0.5, 0.6) is 0 Å². The zero-order valence-electron chi connectivity index (χ0n) is 8.46. The zero-order valence-corrected chi connectivity index (χ0v) is 8.46. The SMILES string of the molecule is CCCCC1CCC(=O)N1CCN. The van der Waals surface area contributed by atoms with Gasteiger partial charge in [0.25, 0.3) is 0 Å². The van der Waals surface area contributed by atoms with Crippen molar-refractivity contribution in [1.29, 1.82) is 0 Å². The van der Waals surface area contributed by atoms with E-state index in [0.717, 1.165) is 25.8 Å². The van der Waals surface area contributed by atoms with Crippen LogP contribution in [0.1, 0.15) is 39.0 Å². The van der Waals surface area contributed by atoms with E-state index < -0.39 is 0 Å². The topological polar surface area (TPSA) is 46.3 Å².